The van der Waals surface area contributed by atoms with Crippen LogP contribution in [0, 0.1) is 0 Å². The average Bonchev–Trinajstić information content (AvgIpc) is 2.43. The number of aliphatic hydroxyl groups is 2. The van der Waals surface area contributed by atoms with E-state index in [0.29, 0.717) is 13.1 Å². The van der Waals surface area contributed by atoms with Gasteiger partial charge in [-0.2, -0.15) is 0 Å². The topological polar surface area (TPSA) is 93.5 Å². The van der Waals surface area contributed by atoms with Gasteiger partial charge in [0.1, 0.15) is 0 Å². The maximum atomic E-state index is 12.0. The van der Waals surface area contributed by atoms with Crippen molar-refractivity contribution in [1.82, 2.24) is 14.7 Å². The van der Waals surface area contributed by atoms with Crippen LogP contribution in [0.5, 0.6) is 0 Å². The largest absolute Gasteiger partial charge is 0.417 e. The second kappa shape index (κ2) is 11.4. The van der Waals surface area contributed by atoms with E-state index in [-0.39, 0.29) is 0 Å². The van der Waals surface area contributed by atoms with E-state index in [9.17, 15) is 9.59 Å². The third kappa shape index (κ3) is 9.67. The number of rotatable bonds is 10. The van der Waals surface area contributed by atoms with Crippen molar-refractivity contribution < 1.29 is 24.5 Å². The first-order valence-electron chi connectivity index (χ1n) is 7.37. The van der Waals surface area contributed by atoms with Gasteiger partial charge in [-0.05, 0) is 54.1 Å². The Hall–Kier alpha value is -1.22. The Labute approximate surface area is 132 Å². The highest BCUT2D eigenvalue weighted by Crippen LogP contribution is 2.02. The second-order valence-electron chi connectivity index (χ2n) is 5.69. The van der Waals surface area contributed by atoms with E-state index in [1.54, 1.807) is 0 Å². The predicted octanol–water partition coefficient (Wildman–Crippen LogP) is -0.792. The second-order valence-corrected chi connectivity index (χ2v) is 5.69. The van der Waals surface area contributed by atoms with Gasteiger partial charge in [-0.1, -0.05) is 0 Å². The monoisotopic (exact) mass is 319 g/mol. The summed E-state index contributed by atoms with van der Waals surface area (Å²) >= 11 is 0. The Balaban J connectivity index is 4.46. The van der Waals surface area contributed by atoms with Gasteiger partial charge in [-0.3, -0.25) is 0 Å². The summed E-state index contributed by atoms with van der Waals surface area (Å²) in [6.07, 6.45) is -0.967. The van der Waals surface area contributed by atoms with Gasteiger partial charge in [0.15, 0.2) is 6.10 Å². The summed E-state index contributed by atoms with van der Waals surface area (Å²) in [6.45, 7) is 1.78. The van der Waals surface area contributed by atoms with Crippen LogP contribution in [-0.2, 0) is 9.53 Å². The Kier molecular flexibility index (Phi) is 10.7. The van der Waals surface area contributed by atoms with Gasteiger partial charge in [0.05, 0.1) is 6.61 Å². The Morgan fingerprint density at radius 2 is 1.41 bits per heavy atom. The number of hydrogen-bond acceptors (Lipinski definition) is 7. The molecule has 0 bridgehead atoms. The molecule has 1 atom stereocenters. The van der Waals surface area contributed by atoms with Crippen molar-refractivity contribution in [3.8, 4) is 0 Å². The number of esters is 1. The lowest BCUT2D eigenvalue weighted by Gasteiger charge is -2.23. The fraction of sp³-hybridized carbons (Fsp3) is 0.857. The zero-order valence-electron chi connectivity index (χ0n) is 14.0. The first-order valence-corrected chi connectivity index (χ1v) is 7.37. The molecular formula is C14H29N3O5. The zero-order valence-corrected chi connectivity index (χ0v) is 14.0. The molecule has 1 amide bonds. The number of aliphatic hydroxyl groups excluding tert-OH is 2. The molecule has 0 rings (SSSR count). The zero-order chi connectivity index (χ0) is 17.1. The number of carbonyl (C=O) groups is 2. The van der Waals surface area contributed by atoms with Crippen LogP contribution in [0.2, 0.25) is 0 Å². The molecule has 0 saturated carbocycles. The Bertz CT molecular complexity index is 322. The normalized spacial score (nSPS) is 12.5. The first-order chi connectivity index (χ1) is 10.3. The molecule has 0 aromatic heterocycles. The lowest BCUT2D eigenvalue weighted by molar-refractivity contribution is -0.149. The standard InChI is InChI=1S/C14H29N3O5/c1-15(2)7-5-9-17(10-6-8-16(3)4)14(21)22-13(20)12(19)11-18/h12,18-19H,5-11H2,1-4H3. The van der Waals surface area contributed by atoms with E-state index in [4.69, 9.17) is 10.2 Å². The molecule has 0 aliphatic carbocycles. The molecule has 0 fully saturated rings. The molecule has 2 N–H and O–H groups in total. The summed E-state index contributed by atoms with van der Waals surface area (Å²) in [5.74, 6) is -1.13. The highest BCUT2D eigenvalue weighted by molar-refractivity contribution is 5.87. The number of hydrogen-bond donors (Lipinski definition) is 2. The molecule has 130 valence electrons. The smallest absolute Gasteiger partial charge is 0.393 e. The van der Waals surface area contributed by atoms with Crippen LogP contribution >= 0.6 is 0 Å². The molecule has 0 aromatic rings. The molecule has 0 aromatic carbocycles. The third-order valence-corrected chi connectivity index (χ3v) is 2.96. The van der Waals surface area contributed by atoms with Crippen molar-refractivity contribution in [2.75, 3.05) is 61.0 Å². The Morgan fingerprint density at radius 3 is 1.77 bits per heavy atom. The van der Waals surface area contributed by atoms with Crippen molar-refractivity contribution in [3.63, 3.8) is 0 Å². The minimum absolute atomic E-state index is 0.465. The van der Waals surface area contributed by atoms with Crippen LogP contribution in [0.4, 0.5) is 4.79 Å². The molecule has 1 unspecified atom stereocenters. The van der Waals surface area contributed by atoms with Gasteiger partial charge < -0.3 is 29.6 Å². The van der Waals surface area contributed by atoms with E-state index in [0.717, 1.165) is 25.9 Å². The van der Waals surface area contributed by atoms with Crippen molar-refractivity contribution in [3.05, 3.63) is 0 Å². The molecule has 0 spiro atoms. The maximum Gasteiger partial charge on any atom is 0.417 e. The summed E-state index contributed by atoms with van der Waals surface area (Å²) in [5, 5.41) is 17.8. The minimum Gasteiger partial charge on any atom is -0.393 e. The van der Waals surface area contributed by atoms with Gasteiger partial charge >= 0.3 is 12.1 Å². The van der Waals surface area contributed by atoms with Gasteiger partial charge in [0.25, 0.3) is 0 Å². The van der Waals surface area contributed by atoms with Gasteiger partial charge in [-0.25, -0.2) is 9.59 Å². The number of nitrogens with zero attached hydrogens (tertiary/aromatic N) is 3. The average molecular weight is 319 g/mol. The quantitative estimate of drug-likeness (QED) is 0.402. The molecular weight excluding hydrogens is 290 g/mol. The first kappa shape index (κ1) is 20.8. The van der Waals surface area contributed by atoms with E-state index in [2.05, 4.69) is 4.74 Å². The van der Waals surface area contributed by atoms with Crippen molar-refractivity contribution in [2.24, 2.45) is 0 Å². The summed E-state index contributed by atoms with van der Waals surface area (Å²) in [6, 6.07) is 0. The highest BCUT2D eigenvalue weighted by Gasteiger charge is 2.23. The number of ether oxygens (including phenoxy) is 1. The number of carbonyl (C=O) groups excluding carboxylic acids is 2. The molecule has 0 saturated heterocycles. The van der Waals surface area contributed by atoms with Gasteiger partial charge in [0.2, 0.25) is 0 Å². The molecule has 0 radical (unpaired) electrons. The van der Waals surface area contributed by atoms with Gasteiger partial charge in [-0.15, -0.1) is 0 Å². The molecule has 0 aliphatic rings. The number of amides is 1. The summed E-state index contributed by atoms with van der Waals surface area (Å²) in [7, 11) is 7.76. The highest BCUT2D eigenvalue weighted by atomic mass is 16.6. The molecule has 0 heterocycles. The summed E-state index contributed by atoms with van der Waals surface area (Å²) in [4.78, 5) is 28.8. The minimum atomic E-state index is -1.69. The molecule has 8 heteroatoms. The molecule has 22 heavy (non-hydrogen) atoms. The van der Waals surface area contributed by atoms with E-state index in [1.165, 1.54) is 4.90 Å². The molecule has 0 aliphatic heterocycles. The lowest BCUT2D eigenvalue weighted by Crippen LogP contribution is -2.39. The fourth-order valence-corrected chi connectivity index (χ4v) is 1.74. The summed E-state index contributed by atoms with van der Waals surface area (Å²) in [5.41, 5.74) is 0. The SMILES string of the molecule is CN(C)CCCN(CCCN(C)C)C(=O)OC(=O)C(O)CO. The third-order valence-electron chi connectivity index (χ3n) is 2.96. The van der Waals surface area contributed by atoms with E-state index >= 15 is 0 Å². The van der Waals surface area contributed by atoms with Crippen molar-refractivity contribution in [1.29, 1.82) is 0 Å². The van der Waals surface area contributed by atoms with Crippen LogP contribution in [0.3, 0.4) is 0 Å². The predicted molar refractivity (Wildman–Crippen MR) is 82.5 cm³/mol. The lowest BCUT2D eigenvalue weighted by atomic mass is 10.3. The molecule has 8 nitrogen and oxygen atoms in total. The van der Waals surface area contributed by atoms with Crippen molar-refractivity contribution in [2.45, 2.75) is 18.9 Å². The fourth-order valence-electron chi connectivity index (χ4n) is 1.74. The van der Waals surface area contributed by atoms with Crippen LogP contribution in [0.15, 0.2) is 0 Å². The maximum absolute atomic E-state index is 12.0. The summed E-state index contributed by atoms with van der Waals surface area (Å²) < 4.78 is 4.59. The van der Waals surface area contributed by atoms with Crippen LogP contribution in [0.1, 0.15) is 12.8 Å². The van der Waals surface area contributed by atoms with Crippen LogP contribution in [0.25, 0.3) is 0 Å². The van der Waals surface area contributed by atoms with E-state index in [1.807, 2.05) is 38.0 Å². The van der Waals surface area contributed by atoms with Crippen molar-refractivity contribution >= 4 is 12.1 Å². The Morgan fingerprint density at radius 1 is 0.955 bits per heavy atom. The van der Waals surface area contributed by atoms with E-state index < -0.39 is 24.8 Å². The van der Waals surface area contributed by atoms with Crippen LogP contribution < -0.4 is 0 Å². The van der Waals surface area contributed by atoms with Crippen LogP contribution in [-0.4, -0.2) is 104 Å². The van der Waals surface area contributed by atoms with Gasteiger partial charge in [0, 0.05) is 13.1 Å².